The molecule has 0 aliphatic carbocycles. The third-order valence-corrected chi connectivity index (χ3v) is 2.79. The summed E-state index contributed by atoms with van der Waals surface area (Å²) in [6, 6.07) is 9.15. The minimum atomic E-state index is -0.723. The number of aromatic nitrogens is 1. The van der Waals surface area contributed by atoms with Gasteiger partial charge < -0.3 is 5.11 Å². The third-order valence-electron chi connectivity index (χ3n) is 2.79. The summed E-state index contributed by atoms with van der Waals surface area (Å²) in [5, 5.41) is 10.0. The highest BCUT2D eigenvalue weighted by atomic mass is 19.1. The maximum Gasteiger partial charge on any atom is 0.141 e. The summed E-state index contributed by atoms with van der Waals surface area (Å²) in [5.41, 5.74) is 2.69. The van der Waals surface area contributed by atoms with Crippen molar-refractivity contribution in [2.75, 3.05) is 0 Å². The van der Waals surface area contributed by atoms with Crippen molar-refractivity contribution < 1.29 is 9.50 Å². The van der Waals surface area contributed by atoms with Crippen molar-refractivity contribution in [3.63, 3.8) is 0 Å². The standard InChI is InChI=1S/C14H14FNO/c1-10-4-2-3-5-11(10)7-14(17)12-6-13(15)9-16-8-12/h2-6,8-9,14,17H,7H2,1H3. The molecule has 2 nitrogen and oxygen atoms in total. The Bertz CT molecular complexity index is 513. The van der Waals surface area contributed by atoms with Crippen molar-refractivity contribution in [1.82, 2.24) is 4.98 Å². The molecule has 0 amide bonds. The van der Waals surface area contributed by atoms with Crippen LogP contribution in [-0.4, -0.2) is 10.1 Å². The zero-order chi connectivity index (χ0) is 12.3. The van der Waals surface area contributed by atoms with E-state index in [0.29, 0.717) is 12.0 Å². The first-order valence-electron chi connectivity index (χ1n) is 5.50. The minimum absolute atomic E-state index is 0.425. The zero-order valence-corrected chi connectivity index (χ0v) is 9.60. The van der Waals surface area contributed by atoms with E-state index in [-0.39, 0.29) is 0 Å². The molecule has 0 saturated carbocycles. The monoisotopic (exact) mass is 231 g/mol. The number of aliphatic hydroxyl groups excluding tert-OH is 1. The van der Waals surface area contributed by atoms with Gasteiger partial charge in [-0.3, -0.25) is 4.98 Å². The summed E-state index contributed by atoms with van der Waals surface area (Å²) in [4.78, 5) is 3.73. The van der Waals surface area contributed by atoms with Gasteiger partial charge in [-0.05, 0) is 24.1 Å². The number of hydrogen-bond donors (Lipinski definition) is 1. The van der Waals surface area contributed by atoms with E-state index >= 15 is 0 Å². The molecule has 1 aromatic heterocycles. The van der Waals surface area contributed by atoms with E-state index in [1.165, 1.54) is 12.3 Å². The van der Waals surface area contributed by atoms with E-state index in [9.17, 15) is 9.50 Å². The Labute approximate surface area is 99.8 Å². The molecule has 1 unspecified atom stereocenters. The third kappa shape index (κ3) is 2.88. The van der Waals surface area contributed by atoms with Gasteiger partial charge in [-0.1, -0.05) is 24.3 Å². The normalized spacial score (nSPS) is 12.4. The lowest BCUT2D eigenvalue weighted by molar-refractivity contribution is 0.177. The van der Waals surface area contributed by atoms with Crippen molar-refractivity contribution in [1.29, 1.82) is 0 Å². The first-order chi connectivity index (χ1) is 8.16. The second kappa shape index (κ2) is 5.06. The van der Waals surface area contributed by atoms with Gasteiger partial charge in [0.05, 0.1) is 12.3 Å². The second-order valence-corrected chi connectivity index (χ2v) is 4.08. The van der Waals surface area contributed by atoms with Gasteiger partial charge in [0.1, 0.15) is 5.82 Å². The Morgan fingerprint density at radius 2 is 2.06 bits per heavy atom. The van der Waals surface area contributed by atoms with Crippen LogP contribution in [0.1, 0.15) is 22.8 Å². The van der Waals surface area contributed by atoms with Crippen LogP contribution in [0.3, 0.4) is 0 Å². The Morgan fingerprint density at radius 1 is 1.29 bits per heavy atom. The average molecular weight is 231 g/mol. The van der Waals surface area contributed by atoms with Crippen LogP contribution in [0.15, 0.2) is 42.7 Å². The molecule has 2 aromatic rings. The fourth-order valence-corrected chi connectivity index (χ4v) is 1.78. The number of pyridine rings is 1. The molecular weight excluding hydrogens is 217 g/mol. The Kier molecular flexibility index (Phi) is 3.49. The van der Waals surface area contributed by atoms with Gasteiger partial charge in [-0.15, -0.1) is 0 Å². The lowest BCUT2D eigenvalue weighted by Gasteiger charge is -2.12. The maximum atomic E-state index is 13.0. The summed E-state index contributed by atoms with van der Waals surface area (Å²) in [6.45, 7) is 1.99. The van der Waals surface area contributed by atoms with Crippen LogP contribution >= 0.6 is 0 Å². The average Bonchev–Trinajstić information content (AvgIpc) is 2.32. The summed E-state index contributed by atoms with van der Waals surface area (Å²) >= 11 is 0. The van der Waals surface area contributed by atoms with E-state index in [2.05, 4.69) is 4.98 Å². The van der Waals surface area contributed by atoms with Crippen LogP contribution < -0.4 is 0 Å². The zero-order valence-electron chi connectivity index (χ0n) is 9.60. The predicted octanol–water partition coefficient (Wildman–Crippen LogP) is 2.81. The van der Waals surface area contributed by atoms with Crippen molar-refractivity contribution in [2.24, 2.45) is 0 Å². The van der Waals surface area contributed by atoms with Gasteiger partial charge in [0.15, 0.2) is 0 Å². The molecule has 1 heterocycles. The van der Waals surface area contributed by atoms with Gasteiger partial charge in [-0.25, -0.2) is 4.39 Å². The minimum Gasteiger partial charge on any atom is -0.388 e. The summed E-state index contributed by atoms with van der Waals surface area (Å²) in [5.74, 6) is -0.425. The Hall–Kier alpha value is -1.74. The first-order valence-corrected chi connectivity index (χ1v) is 5.50. The predicted molar refractivity (Wildman–Crippen MR) is 64.0 cm³/mol. The molecule has 2 rings (SSSR count). The number of nitrogens with zero attached hydrogens (tertiary/aromatic N) is 1. The number of rotatable bonds is 3. The summed E-state index contributed by atoms with van der Waals surface area (Å²) in [6.07, 6.45) is 2.37. The molecule has 1 atom stereocenters. The molecule has 0 spiro atoms. The van der Waals surface area contributed by atoms with E-state index in [0.717, 1.165) is 17.3 Å². The van der Waals surface area contributed by atoms with Gasteiger partial charge >= 0.3 is 0 Å². The van der Waals surface area contributed by atoms with Gasteiger partial charge in [0.2, 0.25) is 0 Å². The molecule has 0 bridgehead atoms. The Balaban J connectivity index is 2.17. The number of aryl methyl sites for hydroxylation is 1. The number of aliphatic hydroxyl groups is 1. The number of benzene rings is 1. The van der Waals surface area contributed by atoms with Crippen LogP contribution in [-0.2, 0) is 6.42 Å². The van der Waals surface area contributed by atoms with Gasteiger partial charge in [-0.2, -0.15) is 0 Å². The van der Waals surface area contributed by atoms with Crippen LogP contribution in [0.2, 0.25) is 0 Å². The van der Waals surface area contributed by atoms with Crippen molar-refractivity contribution in [3.8, 4) is 0 Å². The fraction of sp³-hybridized carbons (Fsp3) is 0.214. The maximum absolute atomic E-state index is 13.0. The first kappa shape index (κ1) is 11.7. The molecule has 0 radical (unpaired) electrons. The van der Waals surface area contributed by atoms with E-state index < -0.39 is 11.9 Å². The smallest absolute Gasteiger partial charge is 0.141 e. The number of halogens is 1. The van der Waals surface area contributed by atoms with E-state index in [1.54, 1.807) is 0 Å². The topological polar surface area (TPSA) is 33.1 Å². The molecular formula is C14H14FNO. The molecule has 0 aliphatic rings. The fourth-order valence-electron chi connectivity index (χ4n) is 1.78. The molecule has 0 aliphatic heterocycles. The molecule has 17 heavy (non-hydrogen) atoms. The van der Waals surface area contributed by atoms with Crippen LogP contribution in [0, 0.1) is 12.7 Å². The van der Waals surface area contributed by atoms with Gasteiger partial charge in [0, 0.05) is 18.2 Å². The van der Waals surface area contributed by atoms with Crippen LogP contribution in [0.25, 0.3) is 0 Å². The van der Waals surface area contributed by atoms with Crippen LogP contribution in [0.4, 0.5) is 4.39 Å². The molecule has 0 fully saturated rings. The van der Waals surface area contributed by atoms with Crippen LogP contribution in [0.5, 0.6) is 0 Å². The van der Waals surface area contributed by atoms with Gasteiger partial charge in [0.25, 0.3) is 0 Å². The molecule has 0 saturated heterocycles. The molecule has 1 aromatic carbocycles. The highest BCUT2D eigenvalue weighted by Gasteiger charge is 2.10. The van der Waals surface area contributed by atoms with Crippen molar-refractivity contribution in [3.05, 3.63) is 65.2 Å². The molecule has 3 heteroatoms. The summed E-state index contributed by atoms with van der Waals surface area (Å²) < 4.78 is 13.0. The lowest BCUT2D eigenvalue weighted by atomic mass is 9.99. The highest BCUT2D eigenvalue weighted by Crippen LogP contribution is 2.20. The Morgan fingerprint density at radius 3 is 2.76 bits per heavy atom. The number of hydrogen-bond acceptors (Lipinski definition) is 2. The lowest BCUT2D eigenvalue weighted by Crippen LogP contribution is -2.04. The molecule has 1 N–H and O–H groups in total. The quantitative estimate of drug-likeness (QED) is 0.881. The van der Waals surface area contributed by atoms with E-state index in [4.69, 9.17) is 0 Å². The summed E-state index contributed by atoms with van der Waals surface area (Å²) in [7, 11) is 0. The molecule has 88 valence electrons. The van der Waals surface area contributed by atoms with E-state index in [1.807, 2.05) is 31.2 Å². The SMILES string of the molecule is Cc1ccccc1CC(O)c1cncc(F)c1. The van der Waals surface area contributed by atoms with Crippen molar-refractivity contribution >= 4 is 0 Å². The van der Waals surface area contributed by atoms with Crippen molar-refractivity contribution in [2.45, 2.75) is 19.4 Å². The second-order valence-electron chi connectivity index (χ2n) is 4.08. The largest absolute Gasteiger partial charge is 0.388 e. The highest BCUT2D eigenvalue weighted by molar-refractivity contribution is 5.27.